The first kappa shape index (κ1) is 28.8. The predicted molar refractivity (Wildman–Crippen MR) is 217 cm³/mol. The third-order valence-electron chi connectivity index (χ3n) is 10.5. The van der Waals surface area contributed by atoms with Gasteiger partial charge in [-0.2, -0.15) is 0 Å². The summed E-state index contributed by atoms with van der Waals surface area (Å²) in [5.74, 6) is 0.720. The van der Waals surface area contributed by atoms with Crippen LogP contribution in [-0.4, -0.2) is 19.1 Å². The minimum Gasteiger partial charge on any atom is -0.307 e. The van der Waals surface area contributed by atoms with E-state index in [0.717, 1.165) is 50.4 Å². The molecule has 0 N–H and O–H groups in total. The van der Waals surface area contributed by atoms with Crippen molar-refractivity contribution in [2.45, 2.75) is 0 Å². The fourth-order valence-corrected chi connectivity index (χ4v) is 8.29. The summed E-state index contributed by atoms with van der Waals surface area (Å²) in [6.45, 7) is 0. The maximum Gasteiger partial charge on any atom is 0.160 e. The highest BCUT2D eigenvalue weighted by Crippen LogP contribution is 2.47. The van der Waals surface area contributed by atoms with Gasteiger partial charge in [0.15, 0.2) is 5.82 Å². The average Bonchev–Trinajstić information content (AvgIpc) is 3.75. The summed E-state index contributed by atoms with van der Waals surface area (Å²) in [6, 6.07) is 64.7. The van der Waals surface area contributed by atoms with Crippen molar-refractivity contribution >= 4 is 65.3 Å². The monoisotopic (exact) mass is 662 g/mol. The van der Waals surface area contributed by atoms with Crippen molar-refractivity contribution in [2.24, 2.45) is 0 Å². The molecule has 11 aromatic rings. The van der Waals surface area contributed by atoms with E-state index < -0.39 is 0 Å². The normalized spacial score (nSPS) is 11.8. The van der Waals surface area contributed by atoms with Gasteiger partial charge in [0, 0.05) is 49.4 Å². The lowest BCUT2D eigenvalue weighted by atomic mass is 9.98. The average molecular weight is 663 g/mol. The molecule has 0 unspecified atom stereocenters. The Morgan fingerprint density at radius 3 is 1.42 bits per heavy atom. The Morgan fingerprint density at radius 2 is 0.827 bits per heavy atom. The fourth-order valence-electron chi connectivity index (χ4n) is 8.29. The molecule has 0 aliphatic heterocycles. The van der Waals surface area contributed by atoms with Crippen LogP contribution in [-0.2, 0) is 0 Å². The van der Waals surface area contributed by atoms with Gasteiger partial charge in [-0.25, -0.2) is 9.97 Å². The molecule has 4 nitrogen and oxygen atoms in total. The highest BCUT2D eigenvalue weighted by atomic mass is 15.0. The Bertz CT molecular complexity index is 3160. The van der Waals surface area contributed by atoms with E-state index in [0.29, 0.717) is 0 Å². The van der Waals surface area contributed by atoms with E-state index >= 15 is 0 Å². The van der Waals surface area contributed by atoms with Gasteiger partial charge in [0.2, 0.25) is 0 Å². The molecule has 3 aromatic heterocycles. The number of benzene rings is 8. The van der Waals surface area contributed by atoms with E-state index in [2.05, 4.69) is 173 Å². The Balaban J connectivity index is 1.33. The number of rotatable bonds is 4. The third-order valence-corrected chi connectivity index (χ3v) is 10.5. The number of nitrogens with zero attached hydrogens (tertiary/aromatic N) is 4. The molecule has 0 atom stereocenters. The molecule has 0 aliphatic rings. The van der Waals surface area contributed by atoms with Gasteiger partial charge in [-0.1, -0.05) is 140 Å². The summed E-state index contributed by atoms with van der Waals surface area (Å²) in [5, 5.41) is 8.48. The summed E-state index contributed by atoms with van der Waals surface area (Å²) in [6.07, 6.45) is 0. The third kappa shape index (κ3) is 4.15. The number of fused-ring (bicyclic) bond motifs is 11. The van der Waals surface area contributed by atoms with Crippen LogP contribution < -0.4 is 0 Å². The SMILES string of the molecule is c1ccc(-c2nc(-c3ccccc3)c3cc(-n4c5ccccc5c5c6ccccc6c6c7ccccc7n(-c7ccccc7)c6c54)ccc3n2)cc1. The Kier molecular flexibility index (Phi) is 6.22. The van der Waals surface area contributed by atoms with Crippen molar-refractivity contribution in [2.75, 3.05) is 0 Å². The summed E-state index contributed by atoms with van der Waals surface area (Å²) in [5.41, 5.74) is 10.8. The van der Waals surface area contributed by atoms with Gasteiger partial charge in [-0.05, 0) is 53.2 Å². The molecule has 8 aromatic carbocycles. The van der Waals surface area contributed by atoms with Crippen molar-refractivity contribution < 1.29 is 0 Å². The first-order valence-electron chi connectivity index (χ1n) is 17.7. The molecular weight excluding hydrogens is 633 g/mol. The van der Waals surface area contributed by atoms with Crippen LogP contribution in [0.15, 0.2) is 182 Å². The molecule has 0 saturated carbocycles. The van der Waals surface area contributed by atoms with Crippen LogP contribution in [0.25, 0.3) is 99.3 Å². The van der Waals surface area contributed by atoms with Crippen molar-refractivity contribution in [3.05, 3.63) is 182 Å². The van der Waals surface area contributed by atoms with E-state index in [1.165, 1.54) is 48.9 Å². The van der Waals surface area contributed by atoms with Crippen LogP contribution in [0.4, 0.5) is 0 Å². The molecule has 0 spiro atoms. The summed E-state index contributed by atoms with van der Waals surface area (Å²) >= 11 is 0. The standard InChI is InChI=1S/C48H30N4/c1-4-16-31(17-5-1)45-39-30-34(28-29-40(39)49-48(50-45)32-18-6-2-7-19-32)52-42-27-15-13-25-38(42)44-36-23-11-10-22-35(36)43-37-24-12-14-26-41(37)51(46(43)47(44)52)33-20-8-3-9-21-33/h1-30H. The summed E-state index contributed by atoms with van der Waals surface area (Å²) < 4.78 is 4.93. The maximum atomic E-state index is 5.24. The molecule has 0 saturated heterocycles. The van der Waals surface area contributed by atoms with Gasteiger partial charge < -0.3 is 9.13 Å². The Morgan fingerprint density at radius 1 is 0.346 bits per heavy atom. The molecule has 4 heteroatoms. The van der Waals surface area contributed by atoms with E-state index in [9.17, 15) is 0 Å². The predicted octanol–water partition coefficient (Wildman–Crippen LogP) is 12.3. The smallest absolute Gasteiger partial charge is 0.160 e. The fraction of sp³-hybridized carbons (Fsp3) is 0. The zero-order chi connectivity index (χ0) is 34.2. The Labute approximate surface area is 299 Å². The lowest BCUT2D eigenvalue weighted by Gasteiger charge is -2.15. The molecule has 0 fully saturated rings. The van der Waals surface area contributed by atoms with Crippen LogP contribution in [0.2, 0.25) is 0 Å². The second kappa shape index (κ2) is 11.2. The van der Waals surface area contributed by atoms with Crippen LogP contribution in [0.1, 0.15) is 0 Å². The Hall–Kier alpha value is -7.04. The number of hydrogen-bond donors (Lipinski definition) is 0. The second-order valence-electron chi connectivity index (χ2n) is 13.4. The molecule has 3 heterocycles. The van der Waals surface area contributed by atoms with Crippen molar-refractivity contribution in [3.63, 3.8) is 0 Å². The zero-order valence-corrected chi connectivity index (χ0v) is 28.1. The minimum atomic E-state index is 0.720. The van der Waals surface area contributed by atoms with Crippen molar-refractivity contribution in [1.29, 1.82) is 0 Å². The topological polar surface area (TPSA) is 35.6 Å². The lowest BCUT2D eigenvalue weighted by molar-refractivity contribution is 1.15. The maximum absolute atomic E-state index is 5.24. The molecule has 242 valence electrons. The molecule has 0 radical (unpaired) electrons. The number of para-hydroxylation sites is 3. The molecule has 52 heavy (non-hydrogen) atoms. The second-order valence-corrected chi connectivity index (χ2v) is 13.4. The van der Waals surface area contributed by atoms with Gasteiger partial charge in [0.05, 0.1) is 33.3 Å². The molecule has 11 rings (SSSR count). The lowest BCUT2D eigenvalue weighted by Crippen LogP contribution is -2.00. The highest BCUT2D eigenvalue weighted by molar-refractivity contribution is 6.36. The van der Waals surface area contributed by atoms with Gasteiger partial charge >= 0.3 is 0 Å². The van der Waals surface area contributed by atoms with Crippen LogP contribution in [0, 0.1) is 0 Å². The van der Waals surface area contributed by atoms with E-state index in [1.807, 2.05) is 18.2 Å². The van der Waals surface area contributed by atoms with E-state index in [4.69, 9.17) is 9.97 Å². The largest absolute Gasteiger partial charge is 0.307 e. The zero-order valence-electron chi connectivity index (χ0n) is 28.1. The van der Waals surface area contributed by atoms with Crippen LogP contribution in [0.3, 0.4) is 0 Å². The van der Waals surface area contributed by atoms with Crippen molar-refractivity contribution in [3.8, 4) is 34.0 Å². The van der Waals surface area contributed by atoms with E-state index in [1.54, 1.807) is 0 Å². The van der Waals surface area contributed by atoms with Crippen molar-refractivity contribution in [1.82, 2.24) is 19.1 Å². The first-order chi connectivity index (χ1) is 25.8. The van der Waals surface area contributed by atoms with Crippen LogP contribution in [0.5, 0.6) is 0 Å². The van der Waals surface area contributed by atoms with Gasteiger partial charge in [0.25, 0.3) is 0 Å². The van der Waals surface area contributed by atoms with Gasteiger partial charge in [-0.3, -0.25) is 0 Å². The number of aromatic nitrogens is 4. The summed E-state index contributed by atoms with van der Waals surface area (Å²) in [7, 11) is 0. The molecule has 0 aliphatic carbocycles. The number of hydrogen-bond acceptors (Lipinski definition) is 2. The van der Waals surface area contributed by atoms with Gasteiger partial charge in [-0.15, -0.1) is 0 Å². The molecule has 0 amide bonds. The van der Waals surface area contributed by atoms with E-state index in [-0.39, 0.29) is 0 Å². The highest BCUT2D eigenvalue weighted by Gasteiger charge is 2.25. The quantitative estimate of drug-likeness (QED) is 0.188. The first-order valence-corrected chi connectivity index (χ1v) is 17.7. The summed E-state index contributed by atoms with van der Waals surface area (Å²) in [4.78, 5) is 10.4. The van der Waals surface area contributed by atoms with Gasteiger partial charge in [0.1, 0.15) is 0 Å². The van der Waals surface area contributed by atoms with Crippen LogP contribution >= 0.6 is 0 Å². The minimum absolute atomic E-state index is 0.720. The molecule has 0 bridgehead atoms. The molecular formula is C48H30N4.